The molecule has 0 saturated carbocycles. The minimum absolute atomic E-state index is 0.0788. The van der Waals surface area contributed by atoms with Gasteiger partial charge in [-0.2, -0.15) is 0 Å². The largest absolute Gasteiger partial charge is 0.479 e. The summed E-state index contributed by atoms with van der Waals surface area (Å²) in [6.07, 6.45) is 5.14. The topological polar surface area (TPSA) is 88.1 Å². The van der Waals surface area contributed by atoms with Gasteiger partial charge in [-0.25, -0.2) is 19.2 Å². The van der Waals surface area contributed by atoms with Crippen molar-refractivity contribution in [2.75, 3.05) is 33.3 Å². The second-order valence-corrected chi connectivity index (χ2v) is 7.58. The zero-order valence-corrected chi connectivity index (χ0v) is 16.7. The van der Waals surface area contributed by atoms with E-state index in [1.807, 2.05) is 6.92 Å². The van der Waals surface area contributed by atoms with Crippen LogP contribution in [0.25, 0.3) is 0 Å². The fourth-order valence-corrected chi connectivity index (χ4v) is 4.12. The maximum Gasteiger partial charge on any atom is 0.415 e. The first-order valence-corrected chi connectivity index (χ1v) is 9.93. The van der Waals surface area contributed by atoms with Crippen molar-refractivity contribution in [3.8, 4) is 5.88 Å². The summed E-state index contributed by atoms with van der Waals surface area (Å²) in [5, 5.41) is 6.47. The minimum atomic E-state index is -0.360. The number of halogens is 1. The number of aromatic nitrogens is 1. The fourth-order valence-electron chi connectivity index (χ4n) is 4.12. The highest BCUT2D eigenvalue weighted by Crippen LogP contribution is 2.33. The maximum absolute atomic E-state index is 14.5. The molecular formula is C20H26FN5O3. The monoisotopic (exact) mass is 403 g/mol. The maximum atomic E-state index is 14.5. The van der Waals surface area contributed by atoms with Gasteiger partial charge in [-0.15, -0.1) is 0 Å². The Morgan fingerprint density at radius 2 is 2.24 bits per heavy atom. The summed E-state index contributed by atoms with van der Waals surface area (Å²) >= 11 is 0. The molecule has 0 aromatic carbocycles. The number of hydrogen-bond donors (Lipinski definition) is 2. The van der Waals surface area contributed by atoms with Gasteiger partial charge in [0, 0.05) is 24.7 Å². The molecule has 1 fully saturated rings. The van der Waals surface area contributed by atoms with Gasteiger partial charge in [0.15, 0.2) is 11.6 Å². The van der Waals surface area contributed by atoms with Gasteiger partial charge in [-0.1, -0.05) is 0 Å². The predicted octanol–water partition coefficient (Wildman–Crippen LogP) is 1.53. The Morgan fingerprint density at radius 1 is 1.41 bits per heavy atom. The SMILES string of the molecule is COc1nc(C)c2c(c1F)CC(CNCCC1CN(C3=CNCC=N3)C(=O)O1)C2. The molecule has 2 unspecified atom stereocenters. The third kappa shape index (κ3) is 4.05. The van der Waals surface area contributed by atoms with Crippen molar-refractivity contribution in [3.05, 3.63) is 34.7 Å². The number of carbonyl (C=O) groups is 1. The standard InChI is InChI=1S/C20H26FN5O3/c1-12-15-7-13(8-16(15)18(21)19(25-12)28-2)9-22-4-3-14-11-26(20(27)29-14)17-10-23-5-6-24-17/h6,10,13-14,22-23H,3-5,7-9,11H2,1-2H3. The molecule has 156 valence electrons. The highest BCUT2D eigenvalue weighted by molar-refractivity contribution is 5.73. The van der Waals surface area contributed by atoms with E-state index in [0.717, 1.165) is 42.8 Å². The fraction of sp³-hybridized carbons (Fsp3) is 0.550. The van der Waals surface area contributed by atoms with Crippen LogP contribution < -0.4 is 15.4 Å². The average molecular weight is 403 g/mol. The second-order valence-electron chi connectivity index (χ2n) is 7.58. The molecule has 0 spiro atoms. The van der Waals surface area contributed by atoms with E-state index in [-0.39, 0.29) is 23.9 Å². The Morgan fingerprint density at radius 3 is 3.00 bits per heavy atom. The van der Waals surface area contributed by atoms with Crippen molar-refractivity contribution >= 4 is 12.3 Å². The second kappa shape index (κ2) is 8.36. The van der Waals surface area contributed by atoms with Crippen LogP contribution in [0.1, 0.15) is 23.2 Å². The van der Waals surface area contributed by atoms with Crippen LogP contribution in [0.2, 0.25) is 0 Å². The molecule has 9 heteroatoms. The minimum Gasteiger partial charge on any atom is -0.479 e. The van der Waals surface area contributed by atoms with Crippen LogP contribution in [0.4, 0.5) is 9.18 Å². The molecule has 3 heterocycles. The van der Waals surface area contributed by atoms with Gasteiger partial charge in [-0.05, 0) is 56.3 Å². The summed E-state index contributed by atoms with van der Waals surface area (Å²) in [7, 11) is 1.44. The summed E-state index contributed by atoms with van der Waals surface area (Å²) in [6.45, 7) is 4.56. The number of pyridine rings is 1. The molecule has 0 radical (unpaired) electrons. The summed E-state index contributed by atoms with van der Waals surface area (Å²) in [4.78, 5) is 22.0. The number of aryl methyl sites for hydroxylation is 1. The van der Waals surface area contributed by atoms with Crippen molar-refractivity contribution in [2.45, 2.75) is 32.3 Å². The van der Waals surface area contributed by atoms with Crippen molar-refractivity contribution in [2.24, 2.45) is 10.9 Å². The lowest BCUT2D eigenvalue weighted by molar-refractivity contribution is 0.130. The zero-order chi connectivity index (χ0) is 20.4. The normalized spacial score (nSPS) is 22.9. The van der Waals surface area contributed by atoms with E-state index in [1.165, 1.54) is 7.11 Å². The lowest BCUT2D eigenvalue weighted by atomic mass is 10.1. The number of rotatable bonds is 7. The number of nitrogens with one attached hydrogen (secondary N) is 2. The third-order valence-electron chi connectivity index (χ3n) is 5.59. The molecule has 0 bridgehead atoms. The summed E-state index contributed by atoms with van der Waals surface area (Å²) in [5.41, 5.74) is 2.58. The first-order chi connectivity index (χ1) is 14.1. The van der Waals surface area contributed by atoms with Crippen LogP contribution in [-0.2, 0) is 17.6 Å². The van der Waals surface area contributed by atoms with Crippen molar-refractivity contribution in [1.82, 2.24) is 20.5 Å². The molecule has 2 aliphatic heterocycles. The molecule has 8 nitrogen and oxygen atoms in total. The smallest absolute Gasteiger partial charge is 0.415 e. The van der Waals surface area contributed by atoms with E-state index in [4.69, 9.17) is 9.47 Å². The highest BCUT2D eigenvalue weighted by atomic mass is 19.1. The number of carbonyl (C=O) groups excluding carboxylic acids is 1. The molecule has 2 atom stereocenters. The number of aliphatic imine (C=N–C) groups is 1. The molecule has 4 rings (SSSR count). The lowest BCUT2D eigenvalue weighted by Crippen LogP contribution is -2.29. The molecule has 29 heavy (non-hydrogen) atoms. The Bertz CT molecular complexity index is 857. The zero-order valence-electron chi connectivity index (χ0n) is 16.7. The average Bonchev–Trinajstić information content (AvgIpc) is 3.33. The van der Waals surface area contributed by atoms with Crippen LogP contribution in [0.5, 0.6) is 5.88 Å². The Balaban J connectivity index is 1.23. The highest BCUT2D eigenvalue weighted by Gasteiger charge is 2.34. The van der Waals surface area contributed by atoms with Crippen LogP contribution in [-0.4, -0.2) is 61.6 Å². The van der Waals surface area contributed by atoms with E-state index >= 15 is 0 Å². The first kappa shape index (κ1) is 19.6. The van der Waals surface area contributed by atoms with E-state index in [9.17, 15) is 9.18 Å². The number of hydrogen-bond acceptors (Lipinski definition) is 7. The summed E-state index contributed by atoms with van der Waals surface area (Å²) in [6, 6.07) is 0. The van der Waals surface area contributed by atoms with Gasteiger partial charge in [0.25, 0.3) is 5.88 Å². The van der Waals surface area contributed by atoms with E-state index in [2.05, 4.69) is 20.6 Å². The van der Waals surface area contributed by atoms with Crippen LogP contribution >= 0.6 is 0 Å². The molecular weight excluding hydrogens is 377 g/mol. The first-order valence-electron chi connectivity index (χ1n) is 9.93. The van der Waals surface area contributed by atoms with Crippen LogP contribution in [0, 0.1) is 18.7 Å². The van der Waals surface area contributed by atoms with Crippen molar-refractivity contribution in [3.63, 3.8) is 0 Å². The van der Waals surface area contributed by atoms with E-state index < -0.39 is 0 Å². The summed E-state index contributed by atoms with van der Waals surface area (Å²) < 4.78 is 24.9. The Hall–Kier alpha value is -2.68. The van der Waals surface area contributed by atoms with Gasteiger partial charge in [0.05, 0.1) is 13.7 Å². The molecule has 1 aromatic rings. The van der Waals surface area contributed by atoms with Crippen LogP contribution in [0.15, 0.2) is 17.0 Å². The van der Waals surface area contributed by atoms with Gasteiger partial charge < -0.3 is 20.1 Å². The number of nitrogens with zero attached hydrogens (tertiary/aromatic N) is 3. The number of ether oxygens (including phenoxy) is 2. The molecule has 1 saturated heterocycles. The number of fused-ring (bicyclic) bond motifs is 1. The van der Waals surface area contributed by atoms with Crippen molar-refractivity contribution < 1.29 is 18.7 Å². The number of cyclic esters (lactones) is 1. The molecule has 1 aromatic heterocycles. The predicted molar refractivity (Wildman–Crippen MR) is 105 cm³/mol. The summed E-state index contributed by atoms with van der Waals surface area (Å²) in [5.74, 6) is 0.655. The van der Waals surface area contributed by atoms with Gasteiger partial charge >= 0.3 is 6.09 Å². The molecule has 2 N–H and O–H groups in total. The van der Waals surface area contributed by atoms with E-state index in [1.54, 1.807) is 17.3 Å². The molecule has 1 aliphatic carbocycles. The van der Waals surface area contributed by atoms with Crippen LogP contribution in [0.3, 0.4) is 0 Å². The lowest BCUT2D eigenvalue weighted by Gasteiger charge is -2.16. The Labute approximate surface area is 169 Å². The third-order valence-corrected chi connectivity index (χ3v) is 5.59. The van der Waals surface area contributed by atoms with E-state index in [0.29, 0.717) is 31.2 Å². The Kier molecular flexibility index (Phi) is 5.66. The van der Waals surface area contributed by atoms with Gasteiger partial charge in [-0.3, -0.25) is 4.90 Å². The van der Waals surface area contributed by atoms with Gasteiger partial charge in [0.1, 0.15) is 6.10 Å². The number of amides is 1. The van der Waals surface area contributed by atoms with Crippen molar-refractivity contribution in [1.29, 1.82) is 0 Å². The van der Waals surface area contributed by atoms with Gasteiger partial charge in [0.2, 0.25) is 0 Å². The number of methoxy groups -OCH3 is 1. The molecule has 1 amide bonds. The quantitative estimate of drug-likeness (QED) is 0.672. The molecule has 3 aliphatic rings.